The lowest BCUT2D eigenvalue weighted by atomic mass is 9.97. The first-order valence-corrected chi connectivity index (χ1v) is 9.24. The molecule has 2 heterocycles. The molecule has 114 valence electrons. The van der Waals surface area contributed by atoms with Crippen LogP contribution in [0.1, 0.15) is 25.5 Å². The summed E-state index contributed by atoms with van der Waals surface area (Å²) in [4.78, 5) is 6.52. The Labute approximate surface area is 124 Å². The zero-order valence-corrected chi connectivity index (χ0v) is 13.6. The highest BCUT2D eigenvalue weighted by Gasteiger charge is 2.24. The zero-order chi connectivity index (χ0) is 14.8. The Morgan fingerprint density at radius 3 is 2.60 bits per heavy atom. The first-order valence-electron chi connectivity index (χ1n) is 6.87. The highest BCUT2D eigenvalue weighted by Crippen LogP contribution is 2.31. The molecule has 0 aromatic carbocycles. The summed E-state index contributed by atoms with van der Waals surface area (Å²) >= 11 is 1.18. The summed E-state index contributed by atoms with van der Waals surface area (Å²) in [7, 11) is -3.65. The van der Waals surface area contributed by atoms with Gasteiger partial charge in [0.25, 0.3) is 0 Å². The summed E-state index contributed by atoms with van der Waals surface area (Å²) in [6.45, 7) is 7.72. The Bertz CT molecular complexity index is 548. The molecule has 1 aromatic rings. The van der Waals surface area contributed by atoms with Crippen LogP contribution < -0.4 is 15.4 Å². The van der Waals surface area contributed by atoms with E-state index in [-0.39, 0.29) is 4.21 Å². The third kappa shape index (κ3) is 3.69. The summed E-state index contributed by atoms with van der Waals surface area (Å²) in [6.07, 6.45) is 2.21. The summed E-state index contributed by atoms with van der Waals surface area (Å²) in [6, 6.07) is 0. The molecule has 0 radical (unpaired) electrons. The minimum Gasteiger partial charge on any atom is -0.348 e. The molecule has 8 heteroatoms. The molecule has 1 saturated heterocycles. The number of aryl methyl sites for hydroxylation is 1. The van der Waals surface area contributed by atoms with Crippen molar-refractivity contribution in [2.75, 3.05) is 31.1 Å². The van der Waals surface area contributed by atoms with Crippen LogP contribution in [0.3, 0.4) is 0 Å². The van der Waals surface area contributed by atoms with Crippen molar-refractivity contribution >= 4 is 26.5 Å². The maximum atomic E-state index is 11.4. The fourth-order valence-electron chi connectivity index (χ4n) is 2.44. The Hall–Kier alpha value is -0.700. The highest BCUT2D eigenvalue weighted by molar-refractivity contribution is 7.91. The number of hydrogen-bond donors (Lipinski definition) is 2. The van der Waals surface area contributed by atoms with Gasteiger partial charge in [-0.25, -0.2) is 18.5 Å². The standard InChI is InChI=1S/C12H22N4O2S2/c1-3-14-8-10-4-6-16(7-5-10)12-15-9(2)11(19-12)20(13,17)18/h10,14H,3-8H2,1-2H3,(H2,13,17,18). The average Bonchev–Trinajstić information content (AvgIpc) is 2.79. The van der Waals surface area contributed by atoms with E-state index >= 15 is 0 Å². The van der Waals surface area contributed by atoms with E-state index in [9.17, 15) is 8.42 Å². The van der Waals surface area contributed by atoms with Crippen LogP contribution in [0, 0.1) is 12.8 Å². The maximum absolute atomic E-state index is 11.4. The third-order valence-corrected chi connectivity index (χ3v) is 6.34. The van der Waals surface area contributed by atoms with Gasteiger partial charge < -0.3 is 10.2 Å². The number of piperidine rings is 1. The summed E-state index contributed by atoms with van der Waals surface area (Å²) in [5.41, 5.74) is 0.502. The van der Waals surface area contributed by atoms with Gasteiger partial charge in [0.2, 0.25) is 10.0 Å². The fourth-order valence-corrected chi connectivity index (χ4v) is 4.44. The van der Waals surface area contributed by atoms with Crippen molar-refractivity contribution in [3.63, 3.8) is 0 Å². The molecule has 1 aliphatic rings. The number of nitrogens with zero attached hydrogens (tertiary/aromatic N) is 2. The Morgan fingerprint density at radius 1 is 1.45 bits per heavy atom. The zero-order valence-electron chi connectivity index (χ0n) is 11.9. The van der Waals surface area contributed by atoms with E-state index < -0.39 is 10.0 Å². The van der Waals surface area contributed by atoms with Gasteiger partial charge in [0.1, 0.15) is 0 Å². The molecular formula is C12H22N4O2S2. The highest BCUT2D eigenvalue weighted by atomic mass is 32.2. The molecule has 0 atom stereocenters. The number of rotatable bonds is 5. The van der Waals surface area contributed by atoms with E-state index in [1.807, 2.05) is 0 Å². The van der Waals surface area contributed by atoms with Crippen molar-refractivity contribution in [2.45, 2.75) is 30.9 Å². The normalized spacial score (nSPS) is 17.6. The molecule has 20 heavy (non-hydrogen) atoms. The van der Waals surface area contributed by atoms with Gasteiger partial charge in [-0.15, -0.1) is 0 Å². The van der Waals surface area contributed by atoms with Crippen molar-refractivity contribution < 1.29 is 8.42 Å². The monoisotopic (exact) mass is 318 g/mol. The van der Waals surface area contributed by atoms with Crippen molar-refractivity contribution in [3.8, 4) is 0 Å². The molecule has 0 bridgehead atoms. The van der Waals surface area contributed by atoms with Crippen molar-refractivity contribution in [1.82, 2.24) is 10.3 Å². The van der Waals surface area contributed by atoms with E-state index in [1.54, 1.807) is 6.92 Å². The van der Waals surface area contributed by atoms with Crippen LogP contribution in [0.5, 0.6) is 0 Å². The summed E-state index contributed by atoms with van der Waals surface area (Å²) < 4.78 is 23.1. The predicted octanol–water partition coefficient (Wildman–Crippen LogP) is 0.925. The maximum Gasteiger partial charge on any atom is 0.249 e. The van der Waals surface area contributed by atoms with Gasteiger partial charge in [-0.2, -0.15) is 0 Å². The Morgan fingerprint density at radius 2 is 2.10 bits per heavy atom. The lowest BCUT2D eigenvalue weighted by molar-refractivity contribution is 0.386. The van der Waals surface area contributed by atoms with Crippen LogP contribution in [0.2, 0.25) is 0 Å². The van der Waals surface area contributed by atoms with Crippen LogP contribution in [0.25, 0.3) is 0 Å². The molecule has 0 aliphatic carbocycles. The number of hydrogen-bond acceptors (Lipinski definition) is 6. The lowest BCUT2D eigenvalue weighted by Gasteiger charge is -2.31. The Kier molecular flexibility index (Phi) is 5.00. The second-order valence-electron chi connectivity index (χ2n) is 5.15. The number of sulfonamides is 1. The van der Waals surface area contributed by atoms with Gasteiger partial charge in [0.15, 0.2) is 9.34 Å². The van der Waals surface area contributed by atoms with E-state index in [0.717, 1.165) is 44.2 Å². The summed E-state index contributed by atoms with van der Waals surface area (Å²) in [5.74, 6) is 0.699. The van der Waals surface area contributed by atoms with Gasteiger partial charge in [-0.05, 0) is 38.8 Å². The molecule has 0 amide bonds. The molecule has 3 N–H and O–H groups in total. The minimum absolute atomic E-state index is 0.183. The van der Waals surface area contributed by atoms with Gasteiger partial charge in [0, 0.05) is 13.1 Å². The number of primary sulfonamides is 1. The molecule has 0 saturated carbocycles. The number of aromatic nitrogens is 1. The van der Waals surface area contributed by atoms with Crippen LogP contribution in [-0.4, -0.2) is 39.6 Å². The van der Waals surface area contributed by atoms with Crippen molar-refractivity contribution in [2.24, 2.45) is 11.1 Å². The average molecular weight is 318 g/mol. The number of nitrogens with one attached hydrogen (secondary N) is 1. The quantitative estimate of drug-likeness (QED) is 0.843. The van der Waals surface area contributed by atoms with Crippen LogP contribution in [0.4, 0.5) is 5.13 Å². The van der Waals surface area contributed by atoms with Gasteiger partial charge in [-0.3, -0.25) is 0 Å². The van der Waals surface area contributed by atoms with Gasteiger partial charge in [-0.1, -0.05) is 18.3 Å². The van der Waals surface area contributed by atoms with Crippen LogP contribution >= 0.6 is 11.3 Å². The fraction of sp³-hybridized carbons (Fsp3) is 0.750. The van der Waals surface area contributed by atoms with E-state index in [0.29, 0.717) is 11.6 Å². The van der Waals surface area contributed by atoms with E-state index in [4.69, 9.17) is 5.14 Å². The molecule has 0 unspecified atom stereocenters. The van der Waals surface area contributed by atoms with E-state index in [1.165, 1.54) is 11.3 Å². The lowest BCUT2D eigenvalue weighted by Crippen LogP contribution is -2.37. The number of nitrogens with two attached hydrogens (primary N) is 1. The topological polar surface area (TPSA) is 88.3 Å². The smallest absolute Gasteiger partial charge is 0.249 e. The SMILES string of the molecule is CCNCC1CCN(c2nc(C)c(S(N)(=O)=O)s2)CC1. The van der Waals surface area contributed by atoms with E-state index in [2.05, 4.69) is 22.1 Å². The third-order valence-electron chi connectivity index (χ3n) is 3.57. The summed E-state index contributed by atoms with van der Waals surface area (Å²) in [5, 5.41) is 9.34. The largest absolute Gasteiger partial charge is 0.348 e. The first kappa shape index (κ1) is 15.7. The Balaban J connectivity index is 2.01. The van der Waals surface area contributed by atoms with Crippen LogP contribution in [-0.2, 0) is 10.0 Å². The molecule has 6 nitrogen and oxygen atoms in total. The molecular weight excluding hydrogens is 296 g/mol. The molecule has 1 fully saturated rings. The van der Waals surface area contributed by atoms with Gasteiger partial charge in [0.05, 0.1) is 5.69 Å². The molecule has 0 spiro atoms. The second-order valence-corrected chi connectivity index (χ2v) is 7.89. The number of anilines is 1. The molecule has 2 rings (SSSR count). The second kappa shape index (κ2) is 6.38. The minimum atomic E-state index is -3.65. The van der Waals surface area contributed by atoms with Crippen molar-refractivity contribution in [1.29, 1.82) is 0 Å². The first-order chi connectivity index (χ1) is 9.41. The molecule has 1 aromatic heterocycles. The predicted molar refractivity (Wildman–Crippen MR) is 81.7 cm³/mol. The van der Waals surface area contributed by atoms with Crippen LogP contribution in [0.15, 0.2) is 4.21 Å². The molecule has 1 aliphatic heterocycles. The van der Waals surface area contributed by atoms with Crippen molar-refractivity contribution in [3.05, 3.63) is 5.69 Å². The van der Waals surface area contributed by atoms with Gasteiger partial charge >= 0.3 is 0 Å². The number of thiazole rings is 1.